The van der Waals surface area contributed by atoms with Gasteiger partial charge in [-0.3, -0.25) is 0 Å². The van der Waals surface area contributed by atoms with Gasteiger partial charge in [-0.2, -0.15) is 0 Å². The molecular formula is C8H6Cl2N2S. The molecule has 0 unspecified atom stereocenters. The molecule has 2 rings (SSSR count). The van der Waals surface area contributed by atoms with E-state index in [-0.39, 0.29) is 0 Å². The first-order chi connectivity index (χ1) is 6.22. The zero-order valence-corrected chi connectivity index (χ0v) is 8.88. The second-order valence-corrected chi connectivity index (χ2v) is 4.42. The number of fused-ring (bicyclic) bond motifs is 1. The fourth-order valence-corrected chi connectivity index (χ4v) is 2.47. The molecule has 1 aromatic heterocycles. The van der Waals surface area contributed by atoms with Gasteiger partial charge in [0.2, 0.25) is 0 Å². The quantitative estimate of drug-likeness (QED) is 0.822. The van der Waals surface area contributed by atoms with Crippen LogP contribution in [-0.2, 0) is 6.54 Å². The van der Waals surface area contributed by atoms with E-state index in [1.165, 1.54) is 11.3 Å². The maximum atomic E-state index is 5.97. The van der Waals surface area contributed by atoms with Crippen molar-refractivity contribution in [1.29, 1.82) is 0 Å². The molecule has 0 saturated carbocycles. The number of nitrogens with zero attached hydrogens (tertiary/aromatic N) is 1. The Labute approximate surface area is 89.3 Å². The molecule has 1 aromatic carbocycles. The summed E-state index contributed by atoms with van der Waals surface area (Å²) in [5.41, 5.74) is 6.23. The van der Waals surface area contributed by atoms with Gasteiger partial charge < -0.3 is 5.73 Å². The Bertz CT molecular complexity index is 414. The Kier molecular flexibility index (Phi) is 2.43. The third kappa shape index (κ3) is 1.53. The summed E-state index contributed by atoms with van der Waals surface area (Å²) < 4.78 is 0.912. The van der Waals surface area contributed by atoms with E-state index in [1.54, 1.807) is 12.1 Å². The van der Waals surface area contributed by atoms with E-state index < -0.39 is 0 Å². The largest absolute Gasteiger partial charge is 0.325 e. The Morgan fingerprint density at radius 3 is 2.62 bits per heavy atom. The number of thiazole rings is 1. The lowest BCUT2D eigenvalue weighted by Gasteiger charge is -1.92. The minimum Gasteiger partial charge on any atom is -0.325 e. The number of nitrogens with two attached hydrogens (primary N) is 1. The summed E-state index contributed by atoms with van der Waals surface area (Å²) in [5.74, 6) is 0. The average Bonchev–Trinajstić information content (AvgIpc) is 2.56. The molecule has 2 aromatic rings. The Balaban J connectivity index is 2.80. The van der Waals surface area contributed by atoms with E-state index in [0.717, 1.165) is 15.2 Å². The van der Waals surface area contributed by atoms with E-state index >= 15 is 0 Å². The summed E-state index contributed by atoms with van der Waals surface area (Å²) in [5, 5.41) is 2.15. The van der Waals surface area contributed by atoms with Crippen molar-refractivity contribution in [3.63, 3.8) is 0 Å². The lowest BCUT2D eigenvalue weighted by atomic mass is 10.3. The lowest BCUT2D eigenvalue weighted by Crippen LogP contribution is -1.93. The predicted octanol–water partition coefficient (Wildman–Crippen LogP) is 3.06. The van der Waals surface area contributed by atoms with Crippen molar-refractivity contribution in [1.82, 2.24) is 4.98 Å². The van der Waals surface area contributed by atoms with E-state index in [2.05, 4.69) is 4.98 Å². The van der Waals surface area contributed by atoms with Crippen molar-refractivity contribution < 1.29 is 0 Å². The van der Waals surface area contributed by atoms with Crippen molar-refractivity contribution in [3.05, 3.63) is 27.2 Å². The second kappa shape index (κ2) is 3.42. The van der Waals surface area contributed by atoms with Crippen LogP contribution in [0, 0.1) is 0 Å². The SMILES string of the molecule is NCc1nc2c(Cl)ccc(Cl)c2s1. The van der Waals surface area contributed by atoms with Gasteiger partial charge in [-0.05, 0) is 12.1 Å². The molecule has 0 aliphatic carbocycles. The Hall–Kier alpha value is -0.350. The third-order valence-electron chi connectivity index (χ3n) is 1.67. The summed E-state index contributed by atoms with van der Waals surface area (Å²) in [6, 6.07) is 3.51. The second-order valence-electron chi connectivity index (χ2n) is 2.52. The molecule has 68 valence electrons. The summed E-state index contributed by atoms with van der Waals surface area (Å²) in [4.78, 5) is 4.27. The van der Waals surface area contributed by atoms with E-state index in [0.29, 0.717) is 16.6 Å². The summed E-state index contributed by atoms with van der Waals surface area (Å²) >= 11 is 13.4. The number of halogens is 2. The highest BCUT2D eigenvalue weighted by atomic mass is 35.5. The van der Waals surface area contributed by atoms with Crippen molar-refractivity contribution in [2.24, 2.45) is 5.73 Å². The third-order valence-corrected chi connectivity index (χ3v) is 3.51. The van der Waals surface area contributed by atoms with Gasteiger partial charge in [0.1, 0.15) is 10.5 Å². The van der Waals surface area contributed by atoms with E-state index in [1.807, 2.05) is 0 Å². The highest BCUT2D eigenvalue weighted by Crippen LogP contribution is 2.33. The van der Waals surface area contributed by atoms with Gasteiger partial charge in [0.05, 0.1) is 14.7 Å². The van der Waals surface area contributed by atoms with Gasteiger partial charge in [-0.15, -0.1) is 11.3 Å². The first-order valence-corrected chi connectivity index (χ1v) is 5.23. The van der Waals surface area contributed by atoms with Crippen molar-refractivity contribution >= 4 is 44.8 Å². The highest BCUT2D eigenvalue weighted by Gasteiger charge is 2.08. The zero-order chi connectivity index (χ0) is 9.42. The number of hydrogen-bond donors (Lipinski definition) is 1. The average molecular weight is 233 g/mol. The van der Waals surface area contributed by atoms with Gasteiger partial charge in [-0.1, -0.05) is 23.2 Å². The van der Waals surface area contributed by atoms with Crippen LogP contribution in [0.25, 0.3) is 10.2 Å². The minimum atomic E-state index is 0.423. The van der Waals surface area contributed by atoms with Gasteiger partial charge >= 0.3 is 0 Å². The molecule has 0 amide bonds. The first-order valence-electron chi connectivity index (χ1n) is 3.66. The summed E-state index contributed by atoms with van der Waals surface area (Å²) in [6.45, 7) is 0.423. The van der Waals surface area contributed by atoms with Crippen LogP contribution in [0.2, 0.25) is 10.0 Å². The fraction of sp³-hybridized carbons (Fsp3) is 0.125. The fourth-order valence-electron chi connectivity index (χ4n) is 1.08. The maximum Gasteiger partial charge on any atom is 0.108 e. The topological polar surface area (TPSA) is 38.9 Å². The molecule has 0 spiro atoms. The molecule has 1 heterocycles. The molecule has 2 N–H and O–H groups in total. The molecule has 0 aliphatic heterocycles. The van der Waals surface area contributed by atoms with Crippen LogP contribution in [0.1, 0.15) is 5.01 Å². The van der Waals surface area contributed by atoms with Crippen LogP contribution in [-0.4, -0.2) is 4.98 Å². The number of benzene rings is 1. The molecule has 13 heavy (non-hydrogen) atoms. The number of hydrogen-bond acceptors (Lipinski definition) is 3. The highest BCUT2D eigenvalue weighted by molar-refractivity contribution is 7.19. The van der Waals surface area contributed by atoms with Crippen LogP contribution in [0.15, 0.2) is 12.1 Å². The maximum absolute atomic E-state index is 5.97. The molecule has 5 heteroatoms. The van der Waals surface area contributed by atoms with Crippen LogP contribution in [0.5, 0.6) is 0 Å². The van der Waals surface area contributed by atoms with Gasteiger partial charge in [0, 0.05) is 6.54 Å². The molecule has 0 radical (unpaired) electrons. The predicted molar refractivity (Wildman–Crippen MR) is 57.5 cm³/mol. The zero-order valence-electron chi connectivity index (χ0n) is 6.55. The van der Waals surface area contributed by atoms with Crippen molar-refractivity contribution in [3.8, 4) is 0 Å². The van der Waals surface area contributed by atoms with Gasteiger partial charge in [0.25, 0.3) is 0 Å². The number of aromatic nitrogens is 1. The van der Waals surface area contributed by atoms with Crippen LogP contribution in [0.3, 0.4) is 0 Å². The van der Waals surface area contributed by atoms with Crippen LogP contribution < -0.4 is 5.73 Å². The first kappa shape index (κ1) is 9.21. The number of rotatable bonds is 1. The lowest BCUT2D eigenvalue weighted by molar-refractivity contribution is 1.05. The van der Waals surface area contributed by atoms with E-state index in [9.17, 15) is 0 Å². The summed E-state index contributed by atoms with van der Waals surface area (Å²) in [7, 11) is 0. The smallest absolute Gasteiger partial charge is 0.108 e. The molecule has 0 saturated heterocycles. The standard InChI is InChI=1S/C8H6Cl2N2S/c9-4-1-2-5(10)8-7(4)12-6(3-11)13-8/h1-2H,3,11H2. The van der Waals surface area contributed by atoms with Gasteiger partial charge in [0.15, 0.2) is 0 Å². The van der Waals surface area contributed by atoms with Crippen molar-refractivity contribution in [2.75, 3.05) is 0 Å². The summed E-state index contributed by atoms with van der Waals surface area (Å²) in [6.07, 6.45) is 0. The Morgan fingerprint density at radius 2 is 2.00 bits per heavy atom. The molecule has 2 nitrogen and oxygen atoms in total. The van der Waals surface area contributed by atoms with Crippen LogP contribution >= 0.6 is 34.5 Å². The Morgan fingerprint density at radius 1 is 1.31 bits per heavy atom. The molecule has 0 fully saturated rings. The van der Waals surface area contributed by atoms with Crippen molar-refractivity contribution in [2.45, 2.75) is 6.54 Å². The molecule has 0 aliphatic rings. The minimum absolute atomic E-state index is 0.423. The van der Waals surface area contributed by atoms with E-state index in [4.69, 9.17) is 28.9 Å². The molecule has 0 bridgehead atoms. The molecule has 0 atom stereocenters. The normalized spacial score (nSPS) is 11.0. The monoisotopic (exact) mass is 232 g/mol. The van der Waals surface area contributed by atoms with Gasteiger partial charge in [-0.25, -0.2) is 4.98 Å². The van der Waals surface area contributed by atoms with Crippen LogP contribution in [0.4, 0.5) is 0 Å². The molecular weight excluding hydrogens is 227 g/mol.